The van der Waals surface area contributed by atoms with Crippen LogP contribution in [0, 0.1) is 6.92 Å². The highest BCUT2D eigenvalue weighted by Gasteiger charge is 2.11. The fourth-order valence-corrected chi connectivity index (χ4v) is 2.81. The first-order valence-electron chi connectivity index (χ1n) is 8.25. The van der Waals surface area contributed by atoms with Gasteiger partial charge in [-0.1, -0.05) is 23.7 Å². The first kappa shape index (κ1) is 17.3. The lowest BCUT2D eigenvalue weighted by Gasteiger charge is -2.15. The van der Waals surface area contributed by atoms with Crippen LogP contribution in [0.2, 0.25) is 5.02 Å². The van der Waals surface area contributed by atoms with Crippen LogP contribution in [-0.2, 0) is 11.3 Å². The van der Waals surface area contributed by atoms with Crippen molar-refractivity contribution >= 4 is 17.5 Å². The number of carbonyl (C=O) groups is 1. The van der Waals surface area contributed by atoms with E-state index in [1.54, 1.807) is 10.9 Å². The molecule has 130 valence electrons. The molecular weight excluding hydrogens is 336 g/mol. The Morgan fingerprint density at radius 2 is 1.92 bits per heavy atom. The van der Waals surface area contributed by atoms with E-state index < -0.39 is 0 Å². The summed E-state index contributed by atoms with van der Waals surface area (Å²) >= 11 is 5.97. The number of benzene rings is 1. The molecule has 2 heterocycles. The SMILES string of the molecule is Cc1nn(CCC(=O)NC(C)c2ccc(-n3cccc3)cc2)cc1Cl. The summed E-state index contributed by atoms with van der Waals surface area (Å²) in [5.74, 6) is -0.00809. The number of nitrogens with zero attached hydrogens (tertiary/aromatic N) is 3. The highest BCUT2D eigenvalue weighted by atomic mass is 35.5. The summed E-state index contributed by atoms with van der Waals surface area (Å²) in [7, 11) is 0. The molecule has 0 saturated heterocycles. The molecule has 3 aromatic rings. The predicted molar refractivity (Wildman–Crippen MR) is 98.9 cm³/mol. The normalized spacial score (nSPS) is 12.1. The van der Waals surface area contributed by atoms with Crippen molar-refractivity contribution in [2.24, 2.45) is 0 Å². The van der Waals surface area contributed by atoms with Crippen molar-refractivity contribution in [3.05, 3.63) is 71.3 Å². The summed E-state index contributed by atoms with van der Waals surface area (Å²) in [6.45, 7) is 4.34. The van der Waals surface area contributed by atoms with Gasteiger partial charge in [0.2, 0.25) is 5.91 Å². The average molecular weight is 357 g/mol. The smallest absolute Gasteiger partial charge is 0.222 e. The Labute approximate surface area is 152 Å². The average Bonchev–Trinajstić information content (AvgIpc) is 3.24. The molecule has 0 saturated carbocycles. The van der Waals surface area contributed by atoms with Gasteiger partial charge >= 0.3 is 0 Å². The number of aromatic nitrogens is 3. The van der Waals surface area contributed by atoms with Crippen LogP contribution in [0.5, 0.6) is 0 Å². The summed E-state index contributed by atoms with van der Waals surface area (Å²) in [4.78, 5) is 12.2. The molecule has 0 radical (unpaired) electrons. The molecule has 5 nitrogen and oxygen atoms in total. The van der Waals surface area contributed by atoms with Gasteiger partial charge < -0.3 is 9.88 Å². The Bertz CT molecular complexity index is 817. The van der Waals surface area contributed by atoms with Crippen LogP contribution in [0.4, 0.5) is 0 Å². The molecule has 0 bridgehead atoms. The molecule has 1 amide bonds. The zero-order chi connectivity index (χ0) is 17.8. The molecule has 0 aliphatic heterocycles. The molecule has 1 unspecified atom stereocenters. The van der Waals surface area contributed by atoms with Crippen LogP contribution in [0.15, 0.2) is 55.0 Å². The van der Waals surface area contributed by atoms with Gasteiger partial charge in [-0.05, 0) is 43.7 Å². The second-order valence-electron chi connectivity index (χ2n) is 6.05. The van der Waals surface area contributed by atoms with E-state index in [1.807, 2.05) is 67.2 Å². The standard InChI is InChI=1S/C19H21ClN4O/c1-14(16-5-7-17(8-6-16)23-10-3-4-11-23)21-19(25)9-12-24-13-18(20)15(2)22-24/h3-8,10-11,13-14H,9,12H2,1-2H3,(H,21,25). The van der Waals surface area contributed by atoms with Crippen molar-refractivity contribution in [2.75, 3.05) is 0 Å². The Morgan fingerprint density at radius 1 is 1.24 bits per heavy atom. The lowest BCUT2D eigenvalue weighted by molar-refractivity contribution is -0.122. The number of amides is 1. The quantitative estimate of drug-likeness (QED) is 0.728. The van der Waals surface area contributed by atoms with Gasteiger partial charge in [0.25, 0.3) is 0 Å². The molecule has 0 spiro atoms. The van der Waals surface area contributed by atoms with E-state index in [0.29, 0.717) is 18.0 Å². The number of halogens is 1. The molecule has 6 heteroatoms. The Balaban J connectivity index is 1.54. The molecule has 0 fully saturated rings. The molecule has 1 N–H and O–H groups in total. The fraction of sp³-hybridized carbons (Fsp3) is 0.263. The third kappa shape index (κ3) is 4.31. The lowest BCUT2D eigenvalue weighted by Crippen LogP contribution is -2.27. The van der Waals surface area contributed by atoms with E-state index in [4.69, 9.17) is 11.6 Å². The van der Waals surface area contributed by atoms with Gasteiger partial charge in [0.05, 0.1) is 16.8 Å². The van der Waals surface area contributed by atoms with E-state index in [2.05, 4.69) is 10.4 Å². The van der Waals surface area contributed by atoms with Gasteiger partial charge in [-0.25, -0.2) is 0 Å². The third-order valence-electron chi connectivity index (χ3n) is 4.13. The zero-order valence-electron chi connectivity index (χ0n) is 14.3. The van der Waals surface area contributed by atoms with E-state index in [-0.39, 0.29) is 11.9 Å². The third-order valence-corrected chi connectivity index (χ3v) is 4.50. The van der Waals surface area contributed by atoms with E-state index >= 15 is 0 Å². The van der Waals surface area contributed by atoms with E-state index in [1.165, 1.54) is 0 Å². The van der Waals surface area contributed by atoms with Crippen molar-refractivity contribution in [3.8, 4) is 5.69 Å². The number of rotatable bonds is 6. The largest absolute Gasteiger partial charge is 0.350 e. The summed E-state index contributed by atoms with van der Waals surface area (Å²) in [6, 6.07) is 12.1. The number of nitrogens with one attached hydrogen (secondary N) is 1. The number of carbonyl (C=O) groups excluding carboxylic acids is 1. The van der Waals surface area contributed by atoms with Gasteiger partial charge in [0.1, 0.15) is 0 Å². The molecule has 25 heavy (non-hydrogen) atoms. The van der Waals surface area contributed by atoms with Gasteiger partial charge in [-0.3, -0.25) is 9.48 Å². The summed E-state index contributed by atoms with van der Waals surface area (Å²) in [5, 5.41) is 7.90. The van der Waals surface area contributed by atoms with Crippen LogP contribution in [0.3, 0.4) is 0 Å². The van der Waals surface area contributed by atoms with Crippen LogP contribution < -0.4 is 5.32 Å². The second-order valence-corrected chi connectivity index (χ2v) is 6.45. The van der Waals surface area contributed by atoms with Crippen molar-refractivity contribution < 1.29 is 4.79 Å². The Kier molecular flexibility index (Phi) is 5.24. The van der Waals surface area contributed by atoms with E-state index in [9.17, 15) is 4.79 Å². The minimum absolute atomic E-state index is 0.00809. The van der Waals surface area contributed by atoms with Crippen molar-refractivity contribution in [1.29, 1.82) is 0 Å². The van der Waals surface area contributed by atoms with Gasteiger partial charge in [-0.2, -0.15) is 5.10 Å². The van der Waals surface area contributed by atoms with Crippen LogP contribution >= 0.6 is 11.6 Å². The molecule has 3 rings (SSSR count). The minimum Gasteiger partial charge on any atom is -0.350 e. The molecule has 0 aliphatic rings. The highest BCUT2D eigenvalue weighted by molar-refractivity contribution is 6.31. The highest BCUT2D eigenvalue weighted by Crippen LogP contribution is 2.16. The molecular formula is C19H21ClN4O. The Morgan fingerprint density at radius 3 is 2.52 bits per heavy atom. The number of aryl methyl sites for hydroxylation is 2. The lowest BCUT2D eigenvalue weighted by atomic mass is 10.1. The molecule has 0 aliphatic carbocycles. The molecule has 2 aromatic heterocycles. The Hall–Kier alpha value is -2.53. The number of hydrogen-bond acceptors (Lipinski definition) is 2. The van der Waals surface area contributed by atoms with Crippen molar-refractivity contribution in [2.45, 2.75) is 32.9 Å². The first-order valence-corrected chi connectivity index (χ1v) is 8.63. The van der Waals surface area contributed by atoms with Gasteiger partial charge in [0.15, 0.2) is 0 Å². The second kappa shape index (κ2) is 7.57. The van der Waals surface area contributed by atoms with Crippen LogP contribution in [0.1, 0.15) is 30.6 Å². The monoisotopic (exact) mass is 356 g/mol. The van der Waals surface area contributed by atoms with Crippen LogP contribution in [-0.4, -0.2) is 20.3 Å². The summed E-state index contributed by atoms with van der Waals surface area (Å²) < 4.78 is 3.75. The van der Waals surface area contributed by atoms with Gasteiger partial charge in [-0.15, -0.1) is 0 Å². The van der Waals surface area contributed by atoms with Crippen LogP contribution in [0.25, 0.3) is 5.69 Å². The predicted octanol–water partition coefficient (Wildman–Crippen LogP) is 3.90. The maximum absolute atomic E-state index is 12.2. The first-order chi connectivity index (χ1) is 12.0. The maximum Gasteiger partial charge on any atom is 0.222 e. The summed E-state index contributed by atoms with van der Waals surface area (Å²) in [6.07, 6.45) is 6.11. The molecule has 1 atom stereocenters. The van der Waals surface area contributed by atoms with Crippen molar-refractivity contribution in [1.82, 2.24) is 19.7 Å². The summed E-state index contributed by atoms with van der Waals surface area (Å²) in [5.41, 5.74) is 2.94. The fourth-order valence-electron chi connectivity index (χ4n) is 2.66. The van der Waals surface area contributed by atoms with E-state index in [0.717, 1.165) is 16.9 Å². The molecule has 1 aromatic carbocycles. The topological polar surface area (TPSA) is 51.9 Å². The zero-order valence-corrected chi connectivity index (χ0v) is 15.1. The van der Waals surface area contributed by atoms with Gasteiger partial charge in [0, 0.05) is 37.2 Å². The number of hydrogen-bond donors (Lipinski definition) is 1. The maximum atomic E-state index is 12.2. The minimum atomic E-state index is -0.0471. The van der Waals surface area contributed by atoms with Crippen molar-refractivity contribution in [3.63, 3.8) is 0 Å².